The molecule has 64 valence electrons. The fourth-order valence-corrected chi connectivity index (χ4v) is 1.40. The predicted molar refractivity (Wildman–Crippen MR) is 48.0 cm³/mol. The molecule has 1 fully saturated rings. The number of carbonyl (C=O) groups excluding carboxylic acids is 1. The molecule has 1 rings (SSSR count). The molecule has 1 aliphatic rings. The average molecular weight is 174 g/mol. The van der Waals surface area contributed by atoms with Crippen LogP contribution in [0, 0.1) is 0 Å². The second-order valence-electron chi connectivity index (χ2n) is 2.83. The molecule has 1 amide bonds. The Morgan fingerprint density at radius 3 is 3.00 bits per heavy atom. The van der Waals surface area contributed by atoms with Crippen LogP contribution in [0.4, 0.5) is 4.79 Å². The quantitative estimate of drug-likeness (QED) is 0.541. The first-order valence-electron chi connectivity index (χ1n) is 3.99. The number of amides is 1. The molecule has 2 N–H and O–H groups in total. The first-order chi connectivity index (χ1) is 5.29. The van der Waals surface area contributed by atoms with Crippen LogP contribution in [0.15, 0.2) is 0 Å². The van der Waals surface area contributed by atoms with Crippen molar-refractivity contribution in [1.82, 2.24) is 10.6 Å². The molecule has 0 aliphatic carbocycles. The van der Waals surface area contributed by atoms with E-state index in [0.29, 0.717) is 12.6 Å². The second kappa shape index (κ2) is 4.62. The van der Waals surface area contributed by atoms with E-state index in [1.165, 1.54) is 12.8 Å². The van der Waals surface area contributed by atoms with Crippen molar-refractivity contribution in [2.24, 2.45) is 0 Å². The van der Waals surface area contributed by atoms with Gasteiger partial charge in [0.15, 0.2) is 0 Å². The molecule has 1 unspecified atom stereocenters. The van der Waals surface area contributed by atoms with E-state index in [-0.39, 0.29) is 5.24 Å². The monoisotopic (exact) mass is 174 g/mol. The van der Waals surface area contributed by atoms with Gasteiger partial charge in [0.05, 0.1) is 0 Å². The third-order valence-corrected chi connectivity index (χ3v) is 2.07. The van der Waals surface area contributed by atoms with Gasteiger partial charge in [-0.2, -0.15) is 0 Å². The Bertz CT molecular complexity index is 134. The van der Waals surface area contributed by atoms with Crippen molar-refractivity contribution >= 4 is 17.9 Å². The Morgan fingerprint density at radius 1 is 1.64 bits per heavy atom. The Kier molecular flexibility index (Phi) is 3.72. The van der Waals surface area contributed by atoms with Crippen molar-refractivity contribution in [2.75, 3.05) is 13.1 Å². The molecular weight excluding hydrogens is 160 g/mol. The highest BCUT2D eigenvalue weighted by Crippen LogP contribution is 2.05. The van der Waals surface area contributed by atoms with Crippen LogP contribution in [0.2, 0.25) is 0 Å². The van der Waals surface area contributed by atoms with Crippen LogP contribution in [0.5, 0.6) is 0 Å². The molecule has 1 saturated heterocycles. The van der Waals surface area contributed by atoms with Gasteiger partial charge in [0.25, 0.3) is 5.24 Å². The summed E-state index contributed by atoms with van der Waals surface area (Å²) in [5, 5.41) is 5.77. The van der Waals surface area contributed by atoms with E-state index in [9.17, 15) is 4.79 Å². The largest absolute Gasteiger partial charge is 0.346 e. The fraction of sp³-hybridized carbons (Fsp3) is 0.857. The standard InChI is InChI=1S/C7H14N2OS/c10-7(11)9-5-6-3-1-2-4-8-6/h6,8H,1-5H2,(H2,9,10,11). The van der Waals surface area contributed by atoms with E-state index in [1.807, 2.05) is 0 Å². The van der Waals surface area contributed by atoms with Crippen molar-refractivity contribution in [3.8, 4) is 0 Å². The summed E-state index contributed by atoms with van der Waals surface area (Å²) in [6.07, 6.45) is 3.68. The van der Waals surface area contributed by atoms with Crippen molar-refractivity contribution in [2.45, 2.75) is 25.3 Å². The summed E-state index contributed by atoms with van der Waals surface area (Å²) >= 11 is 3.62. The van der Waals surface area contributed by atoms with Gasteiger partial charge in [0.1, 0.15) is 0 Å². The maximum absolute atomic E-state index is 10.4. The van der Waals surface area contributed by atoms with E-state index in [1.54, 1.807) is 0 Å². The smallest absolute Gasteiger partial charge is 0.276 e. The van der Waals surface area contributed by atoms with Gasteiger partial charge in [-0.15, -0.1) is 0 Å². The molecule has 0 radical (unpaired) electrons. The highest BCUT2D eigenvalue weighted by molar-refractivity contribution is 7.96. The zero-order valence-corrected chi connectivity index (χ0v) is 7.36. The van der Waals surface area contributed by atoms with E-state index < -0.39 is 0 Å². The van der Waals surface area contributed by atoms with E-state index in [2.05, 4.69) is 23.3 Å². The summed E-state index contributed by atoms with van der Waals surface area (Å²) in [6, 6.07) is 0.458. The van der Waals surface area contributed by atoms with Gasteiger partial charge in [0, 0.05) is 12.6 Å². The van der Waals surface area contributed by atoms with Crippen LogP contribution >= 0.6 is 12.6 Å². The molecule has 1 aliphatic heterocycles. The summed E-state index contributed by atoms with van der Waals surface area (Å²) < 4.78 is 0. The fourth-order valence-electron chi connectivity index (χ4n) is 1.31. The lowest BCUT2D eigenvalue weighted by Crippen LogP contribution is -2.42. The first kappa shape index (κ1) is 8.87. The molecule has 1 atom stereocenters. The normalized spacial score (nSPS) is 24.6. The highest BCUT2D eigenvalue weighted by Gasteiger charge is 2.11. The average Bonchev–Trinajstić information content (AvgIpc) is 2.03. The van der Waals surface area contributed by atoms with E-state index in [0.717, 1.165) is 13.0 Å². The maximum atomic E-state index is 10.4. The molecule has 0 bridgehead atoms. The first-order valence-corrected chi connectivity index (χ1v) is 4.44. The maximum Gasteiger partial charge on any atom is 0.276 e. The molecule has 0 aromatic carbocycles. The number of rotatable bonds is 2. The second-order valence-corrected chi connectivity index (χ2v) is 3.24. The van der Waals surface area contributed by atoms with Crippen molar-refractivity contribution in [3.05, 3.63) is 0 Å². The SMILES string of the molecule is O=C(S)NCC1CCCCN1. The summed E-state index contributed by atoms with van der Waals surface area (Å²) in [6.45, 7) is 1.79. The summed E-state index contributed by atoms with van der Waals surface area (Å²) in [4.78, 5) is 10.4. The molecule has 3 nitrogen and oxygen atoms in total. The number of nitrogens with one attached hydrogen (secondary N) is 2. The van der Waals surface area contributed by atoms with Crippen LogP contribution in [-0.2, 0) is 0 Å². The summed E-state index contributed by atoms with van der Waals surface area (Å²) in [5.74, 6) is 0. The number of hydrogen-bond donors (Lipinski definition) is 3. The van der Waals surface area contributed by atoms with Gasteiger partial charge in [0.2, 0.25) is 0 Å². The van der Waals surface area contributed by atoms with Gasteiger partial charge in [-0.1, -0.05) is 19.0 Å². The zero-order chi connectivity index (χ0) is 8.10. The van der Waals surface area contributed by atoms with Gasteiger partial charge in [-0.05, 0) is 19.4 Å². The van der Waals surface area contributed by atoms with Crippen molar-refractivity contribution in [3.63, 3.8) is 0 Å². The molecule has 0 saturated carbocycles. The topological polar surface area (TPSA) is 41.1 Å². The van der Waals surface area contributed by atoms with Gasteiger partial charge >= 0.3 is 0 Å². The minimum atomic E-state index is -0.239. The van der Waals surface area contributed by atoms with Crippen LogP contribution < -0.4 is 10.6 Å². The minimum absolute atomic E-state index is 0.239. The van der Waals surface area contributed by atoms with Crippen LogP contribution in [0.3, 0.4) is 0 Å². The Balaban J connectivity index is 2.09. The van der Waals surface area contributed by atoms with E-state index >= 15 is 0 Å². The van der Waals surface area contributed by atoms with Gasteiger partial charge in [-0.3, -0.25) is 4.79 Å². The number of thiol groups is 1. The number of piperidine rings is 1. The summed E-state index contributed by atoms with van der Waals surface area (Å²) in [5.41, 5.74) is 0. The van der Waals surface area contributed by atoms with E-state index in [4.69, 9.17) is 0 Å². The zero-order valence-electron chi connectivity index (χ0n) is 6.47. The Morgan fingerprint density at radius 2 is 2.45 bits per heavy atom. The van der Waals surface area contributed by atoms with Crippen LogP contribution in [0.1, 0.15) is 19.3 Å². The van der Waals surface area contributed by atoms with Crippen LogP contribution in [0.25, 0.3) is 0 Å². The number of carbonyl (C=O) groups is 1. The van der Waals surface area contributed by atoms with Crippen LogP contribution in [-0.4, -0.2) is 24.4 Å². The third kappa shape index (κ3) is 3.62. The summed E-state index contributed by atoms with van der Waals surface area (Å²) in [7, 11) is 0. The lowest BCUT2D eigenvalue weighted by atomic mass is 10.1. The van der Waals surface area contributed by atoms with Crippen molar-refractivity contribution in [1.29, 1.82) is 0 Å². The Labute approximate surface area is 72.3 Å². The molecule has 0 spiro atoms. The number of hydrogen-bond acceptors (Lipinski definition) is 2. The van der Waals surface area contributed by atoms with Gasteiger partial charge < -0.3 is 10.6 Å². The Hall–Kier alpha value is -0.220. The van der Waals surface area contributed by atoms with Crippen molar-refractivity contribution < 1.29 is 4.79 Å². The molecule has 11 heavy (non-hydrogen) atoms. The third-order valence-electron chi connectivity index (χ3n) is 1.91. The molecule has 4 heteroatoms. The molecule has 1 heterocycles. The molecule has 0 aromatic heterocycles. The lowest BCUT2D eigenvalue weighted by Gasteiger charge is -2.23. The molecule has 0 aromatic rings. The predicted octanol–water partition coefficient (Wildman–Crippen LogP) is 0.768. The lowest BCUT2D eigenvalue weighted by molar-refractivity contribution is 0.258. The minimum Gasteiger partial charge on any atom is -0.346 e. The molecular formula is C7H14N2OS. The highest BCUT2D eigenvalue weighted by atomic mass is 32.1. The van der Waals surface area contributed by atoms with Gasteiger partial charge in [-0.25, -0.2) is 0 Å².